The van der Waals surface area contributed by atoms with E-state index in [2.05, 4.69) is 266 Å². The van der Waals surface area contributed by atoms with Crippen LogP contribution < -0.4 is 4.90 Å². The van der Waals surface area contributed by atoms with Crippen LogP contribution in [0, 0.1) is 0 Å². The lowest BCUT2D eigenvalue weighted by molar-refractivity contribution is 0.794. The Morgan fingerprint density at radius 2 is 0.817 bits per heavy atom. The van der Waals surface area contributed by atoms with Gasteiger partial charge in [-0.25, -0.2) is 0 Å². The average Bonchev–Trinajstić information content (AvgIpc) is 4.08. The molecule has 0 saturated heterocycles. The molecule has 0 atom stereocenters. The molecule has 71 heavy (non-hydrogen) atoms. The van der Waals surface area contributed by atoms with Crippen molar-refractivity contribution < 1.29 is 0 Å². The molecular formula is C69H43NS. The third kappa shape index (κ3) is 5.80. The number of thiophene rings is 1. The Hall–Kier alpha value is -8.82. The van der Waals surface area contributed by atoms with Gasteiger partial charge in [-0.1, -0.05) is 218 Å². The van der Waals surface area contributed by atoms with Gasteiger partial charge in [-0.05, 0) is 131 Å². The maximum Gasteiger partial charge on any atom is 0.0726 e. The first-order valence-corrected chi connectivity index (χ1v) is 25.4. The quantitative estimate of drug-likeness (QED) is 0.161. The van der Waals surface area contributed by atoms with Crippen molar-refractivity contribution in [1.82, 2.24) is 0 Å². The summed E-state index contributed by atoms with van der Waals surface area (Å²) >= 11 is 1.88. The zero-order valence-electron chi connectivity index (χ0n) is 38.7. The van der Waals surface area contributed by atoms with E-state index in [0.717, 1.165) is 17.1 Å². The fraction of sp³-hybridized carbons (Fsp3) is 0.0145. The molecule has 1 nitrogen and oxygen atoms in total. The van der Waals surface area contributed by atoms with Gasteiger partial charge in [0.15, 0.2) is 0 Å². The lowest BCUT2D eigenvalue weighted by Gasteiger charge is -2.33. The highest BCUT2D eigenvalue weighted by atomic mass is 32.1. The summed E-state index contributed by atoms with van der Waals surface area (Å²) in [6, 6.07) is 97.5. The standard InChI is InChI=1S/C69H43NS/c1-2-19-47(20-3-1)66-53(48-38-41-64-57(43-48)67-52-23-7-5-18-45(52)37-42-65(67)71-64)28-15-33-62(66)70(49-39-35-46(36-40-49)51-27-14-21-44-17-4-6-22-50(44)51)63-34-16-32-61-68(63)56-26-10-13-31-60(56)69(61)58-29-11-8-24-54(58)55-25-9-12-30-59(55)69/h1-43H. The SMILES string of the molecule is c1ccc(-c2c(-c3ccc4sc5ccc6ccccc6c5c4c3)cccc2N(c2ccc(-c3cccc4ccccc34)cc2)c2cccc3c2-c2ccccc2C32c3ccccc3-c3ccccc32)cc1. The smallest absolute Gasteiger partial charge is 0.0726 e. The predicted octanol–water partition coefficient (Wildman–Crippen LogP) is 19.2. The van der Waals surface area contributed by atoms with Crippen molar-refractivity contribution in [3.05, 3.63) is 283 Å². The Kier molecular flexibility index (Phi) is 8.81. The summed E-state index contributed by atoms with van der Waals surface area (Å²) in [6.45, 7) is 0. The number of anilines is 3. The Morgan fingerprint density at radius 1 is 0.296 bits per heavy atom. The van der Waals surface area contributed by atoms with Crippen LogP contribution in [-0.2, 0) is 5.41 Å². The van der Waals surface area contributed by atoms with Crippen molar-refractivity contribution in [3.8, 4) is 55.6 Å². The van der Waals surface area contributed by atoms with E-state index in [1.54, 1.807) is 0 Å². The molecule has 2 aliphatic rings. The van der Waals surface area contributed by atoms with E-state index in [0.29, 0.717) is 0 Å². The number of hydrogen-bond donors (Lipinski definition) is 0. The van der Waals surface area contributed by atoms with E-state index in [4.69, 9.17) is 0 Å². The Balaban J connectivity index is 1.02. The van der Waals surface area contributed by atoms with Crippen LogP contribution in [-0.4, -0.2) is 0 Å². The molecule has 1 heterocycles. The molecule has 0 N–H and O–H groups in total. The largest absolute Gasteiger partial charge is 0.309 e. The molecular weight excluding hydrogens is 875 g/mol. The van der Waals surface area contributed by atoms with Crippen molar-refractivity contribution in [1.29, 1.82) is 0 Å². The maximum absolute atomic E-state index is 2.56. The Bertz CT molecular complexity index is 4240. The Labute approximate surface area is 416 Å². The van der Waals surface area contributed by atoms with E-state index in [1.807, 2.05) is 11.3 Å². The second kappa shape index (κ2) is 15.6. The molecule has 330 valence electrons. The first-order chi connectivity index (χ1) is 35.2. The topological polar surface area (TPSA) is 3.24 Å². The fourth-order valence-electron chi connectivity index (χ4n) is 12.6. The van der Waals surface area contributed by atoms with Crippen LogP contribution in [0.1, 0.15) is 22.3 Å². The van der Waals surface area contributed by atoms with Gasteiger partial charge in [0.05, 0.1) is 16.8 Å². The minimum Gasteiger partial charge on any atom is -0.309 e. The van der Waals surface area contributed by atoms with Crippen LogP contribution in [0.2, 0.25) is 0 Å². The molecule has 0 saturated carbocycles. The highest BCUT2D eigenvalue weighted by Crippen LogP contribution is 2.65. The highest BCUT2D eigenvalue weighted by molar-refractivity contribution is 7.26. The van der Waals surface area contributed by atoms with Crippen molar-refractivity contribution in [2.45, 2.75) is 5.41 Å². The highest BCUT2D eigenvalue weighted by Gasteiger charge is 2.52. The van der Waals surface area contributed by atoms with Crippen LogP contribution in [0.3, 0.4) is 0 Å². The fourth-order valence-corrected chi connectivity index (χ4v) is 13.7. The van der Waals surface area contributed by atoms with Gasteiger partial charge in [0.2, 0.25) is 0 Å². The van der Waals surface area contributed by atoms with E-state index in [9.17, 15) is 0 Å². The number of nitrogens with zero attached hydrogens (tertiary/aromatic N) is 1. The molecule has 12 aromatic carbocycles. The zero-order chi connectivity index (χ0) is 46.6. The van der Waals surface area contributed by atoms with E-state index >= 15 is 0 Å². The van der Waals surface area contributed by atoms with E-state index < -0.39 is 5.41 Å². The number of fused-ring (bicyclic) bond motifs is 16. The van der Waals surface area contributed by atoms with Gasteiger partial charge < -0.3 is 4.90 Å². The lowest BCUT2D eigenvalue weighted by atomic mass is 9.70. The summed E-state index contributed by atoms with van der Waals surface area (Å²) in [4.78, 5) is 2.56. The summed E-state index contributed by atoms with van der Waals surface area (Å²) in [7, 11) is 0. The maximum atomic E-state index is 2.56. The molecule has 2 heteroatoms. The van der Waals surface area contributed by atoms with Crippen molar-refractivity contribution >= 4 is 70.1 Å². The molecule has 0 fully saturated rings. The first kappa shape index (κ1) is 40.1. The van der Waals surface area contributed by atoms with Gasteiger partial charge >= 0.3 is 0 Å². The summed E-state index contributed by atoms with van der Waals surface area (Å²) in [5, 5.41) is 7.68. The minimum absolute atomic E-state index is 0.480. The zero-order valence-corrected chi connectivity index (χ0v) is 39.5. The Morgan fingerprint density at radius 3 is 1.58 bits per heavy atom. The van der Waals surface area contributed by atoms with Crippen LogP contribution in [0.15, 0.2) is 261 Å². The molecule has 0 amide bonds. The average molecular weight is 918 g/mol. The monoisotopic (exact) mass is 917 g/mol. The van der Waals surface area contributed by atoms with Crippen LogP contribution in [0.4, 0.5) is 17.1 Å². The second-order valence-electron chi connectivity index (χ2n) is 19.0. The summed E-state index contributed by atoms with van der Waals surface area (Å²) < 4.78 is 2.61. The molecule has 2 aliphatic carbocycles. The summed E-state index contributed by atoms with van der Waals surface area (Å²) in [5.41, 5.74) is 20.5. The molecule has 13 aromatic rings. The van der Waals surface area contributed by atoms with Gasteiger partial charge in [-0.15, -0.1) is 11.3 Å². The first-order valence-electron chi connectivity index (χ1n) is 24.6. The third-order valence-electron chi connectivity index (χ3n) is 15.5. The lowest BCUT2D eigenvalue weighted by Crippen LogP contribution is -2.26. The van der Waals surface area contributed by atoms with Gasteiger partial charge in [0, 0.05) is 37.0 Å². The number of benzene rings is 12. The second-order valence-corrected chi connectivity index (χ2v) is 20.1. The normalized spacial score (nSPS) is 12.9. The number of rotatable bonds is 6. The van der Waals surface area contributed by atoms with Crippen LogP contribution >= 0.6 is 11.3 Å². The number of hydrogen-bond acceptors (Lipinski definition) is 2. The van der Waals surface area contributed by atoms with Crippen molar-refractivity contribution in [2.24, 2.45) is 0 Å². The predicted molar refractivity (Wildman–Crippen MR) is 302 cm³/mol. The van der Waals surface area contributed by atoms with Crippen LogP contribution in [0.25, 0.3) is 97.4 Å². The molecule has 1 spiro atoms. The minimum atomic E-state index is -0.480. The summed E-state index contributed by atoms with van der Waals surface area (Å²) in [5.74, 6) is 0. The van der Waals surface area contributed by atoms with Gasteiger partial charge in [0.1, 0.15) is 0 Å². The molecule has 15 rings (SSSR count). The van der Waals surface area contributed by atoms with Crippen molar-refractivity contribution in [2.75, 3.05) is 4.90 Å². The van der Waals surface area contributed by atoms with Gasteiger partial charge in [0.25, 0.3) is 0 Å². The summed E-state index contributed by atoms with van der Waals surface area (Å²) in [6.07, 6.45) is 0. The van der Waals surface area contributed by atoms with Gasteiger partial charge in [-0.3, -0.25) is 0 Å². The molecule has 0 radical (unpaired) electrons. The third-order valence-corrected chi connectivity index (χ3v) is 16.6. The van der Waals surface area contributed by atoms with Gasteiger partial charge in [-0.2, -0.15) is 0 Å². The molecule has 0 unspecified atom stereocenters. The molecule has 0 aliphatic heterocycles. The van der Waals surface area contributed by atoms with Crippen molar-refractivity contribution in [3.63, 3.8) is 0 Å². The van der Waals surface area contributed by atoms with E-state index in [1.165, 1.54) is 120 Å². The molecule has 0 bridgehead atoms. The molecule has 1 aromatic heterocycles. The van der Waals surface area contributed by atoms with Crippen LogP contribution in [0.5, 0.6) is 0 Å². The van der Waals surface area contributed by atoms with E-state index in [-0.39, 0.29) is 0 Å².